The van der Waals surface area contributed by atoms with Crippen LogP contribution in [0.2, 0.25) is 0 Å². The third kappa shape index (κ3) is 3.35. The van der Waals surface area contributed by atoms with E-state index in [-0.39, 0.29) is 0 Å². The minimum atomic E-state index is 0.604. The average molecular weight is 245 g/mol. The van der Waals surface area contributed by atoms with Crippen molar-refractivity contribution >= 4 is 0 Å². The topological polar surface area (TPSA) is 12.0 Å². The Morgan fingerprint density at radius 3 is 2.33 bits per heavy atom. The monoisotopic (exact) mass is 245 g/mol. The second-order valence-corrected chi connectivity index (χ2v) is 6.13. The second-order valence-electron chi connectivity index (χ2n) is 6.13. The molecule has 0 spiro atoms. The molecule has 0 amide bonds. The summed E-state index contributed by atoms with van der Waals surface area (Å²) in [5.41, 5.74) is 1.45. The SMILES string of the molecule is CC(CNC1C(C)CCCC1C)c1ccccc1. The van der Waals surface area contributed by atoms with Crippen LogP contribution in [-0.2, 0) is 0 Å². The first kappa shape index (κ1) is 13.6. The van der Waals surface area contributed by atoms with Crippen LogP contribution in [-0.4, -0.2) is 12.6 Å². The van der Waals surface area contributed by atoms with Crippen molar-refractivity contribution in [1.29, 1.82) is 0 Å². The van der Waals surface area contributed by atoms with Gasteiger partial charge in [-0.15, -0.1) is 0 Å². The standard InChI is InChI=1S/C17H27N/c1-13-8-7-9-14(2)17(13)18-12-15(3)16-10-5-4-6-11-16/h4-6,10-11,13-15,17-18H,7-9,12H2,1-3H3. The lowest BCUT2D eigenvalue weighted by Gasteiger charge is -2.36. The summed E-state index contributed by atoms with van der Waals surface area (Å²) in [7, 11) is 0. The summed E-state index contributed by atoms with van der Waals surface area (Å²) >= 11 is 0. The minimum Gasteiger partial charge on any atom is -0.313 e. The molecular weight excluding hydrogens is 218 g/mol. The quantitative estimate of drug-likeness (QED) is 0.838. The highest BCUT2D eigenvalue weighted by atomic mass is 14.9. The van der Waals surface area contributed by atoms with Crippen molar-refractivity contribution in [2.45, 2.75) is 52.0 Å². The van der Waals surface area contributed by atoms with Crippen LogP contribution in [0.15, 0.2) is 30.3 Å². The van der Waals surface area contributed by atoms with Gasteiger partial charge in [0.25, 0.3) is 0 Å². The largest absolute Gasteiger partial charge is 0.313 e. The summed E-state index contributed by atoms with van der Waals surface area (Å²) in [6.07, 6.45) is 4.19. The zero-order chi connectivity index (χ0) is 13.0. The molecule has 0 aliphatic heterocycles. The number of hydrogen-bond donors (Lipinski definition) is 1. The molecule has 1 aromatic rings. The van der Waals surface area contributed by atoms with Crippen molar-refractivity contribution in [2.24, 2.45) is 11.8 Å². The van der Waals surface area contributed by atoms with Gasteiger partial charge in [0.2, 0.25) is 0 Å². The van der Waals surface area contributed by atoms with Crippen LogP contribution in [0.25, 0.3) is 0 Å². The summed E-state index contributed by atoms with van der Waals surface area (Å²) in [4.78, 5) is 0. The van der Waals surface area contributed by atoms with Gasteiger partial charge in [-0.25, -0.2) is 0 Å². The van der Waals surface area contributed by atoms with E-state index in [4.69, 9.17) is 0 Å². The van der Waals surface area contributed by atoms with Crippen molar-refractivity contribution in [1.82, 2.24) is 5.32 Å². The van der Waals surface area contributed by atoms with Gasteiger partial charge in [-0.2, -0.15) is 0 Å². The smallest absolute Gasteiger partial charge is 0.0119 e. The Bertz CT molecular complexity index is 336. The molecular formula is C17H27N. The van der Waals surface area contributed by atoms with Crippen LogP contribution in [0, 0.1) is 11.8 Å². The van der Waals surface area contributed by atoms with Gasteiger partial charge in [-0.3, -0.25) is 0 Å². The molecule has 0 saturated heterocycles. The fourth-order valence-electron chi connectivity index (χ4n) is 3.30. The molecule has 1 fully saturated rings. The van der Waals surface area contributed by atoms with Gasteiger partial charge >= 0.3 is 0 Å². The van der Waals surface area contributed by atoms with Gasteiger partial charge in [0.1, 0.15) is 0 Å². The van der Waals surface area contributed by atoms with Gasteiger partial charge in [0.05, 0.1) is 0 Å². The third-order valence-electron chi connectivity index (χ3n) is 4.57. The fourth-order valence-corrected chi connectivity index (χ4v) is 3.30. The van der Waals surface area contributed by atoms with E-state index in [2.05, 4.69) is 56.4 Å². The van der Waals surface area contributed by atoms with E-state index in [0.29, 0.717) is 12.0 Å². The molecule has 1 heteroatoms. The predicted octanol–water partition coefficient (Wildman–Crippen LogP) is 4.20. The first-order valence-corrected chi connectivity index (χ1v) is 7.47. The van der Waals surface area contributed by atoms with Gasteiger partial charge < -0.3 is 5.32 Å². The number of nitrogens with one attached hydrogen (secondary N) is 1. The Labute approximate surface area is 112 Å². The molecule has 18 heavy (non-hydrogen) atoms. The van der Waals surface area contributed by atoms with E-state index in [1.807, 2.05) is 0 Å². The lowest BCUT2D eigenvalue weighted by molar-refractivity contribution is 0.207. The van der Waals surface area contributed by atoms with Crippen LogP contribution in [0.4, 0.5) is 0 Å². The second kappa shape index (κ2) is 6.38. The summed E-state index contributed by atoms with van der Waals surface area (Å²) in [6.45, 7) is 8.23. The maximum atomic E-state index is 3.82. The van der Waals surface area contributed by atoms with E-state index in [1.54, 1.807) is 0 Å². The van der Waals surface area contributed by atoms with Crippen molar-refractivity contribution < 1.29 is 0 Å². The van der Waals surface area contributed by atoms with Crippen molar-refractivity contribution in [3.05, 3.63) is 35.9 Å². The highest BCUT2D eigenvalue weighted by molar-refractivity contribution is 5.19. The zero-order valence-electron chi connectivity index (χ0n) is 12.0. The summed E-state index contributed by atoms with van der Waals surface area (Å²) in [6, 6.07) is 11.6. The zero-order valence-corrected chi connectivity index (χ0v) is 12.0. The molecule has 0 radical (unpaired) electrons. The first-order valence-electron chi connectivity index (χ1n) is 7.47. The van der Waals surface area contributed by atoms with E-state index < -0.39 is 0 Å². The van der Waals surface area contributed by atoms with Crippen molar-refractivity contribution in [2.75, 3.05) is 6.54 Å². The highest BCUT2D eigenvalue weighted by Gasteiger charge is 2.27. The summed E-state index contributed by atoms with van der Waals surface area (Å²) in [5.74, 6) is 2.26. The maximum Gasteiger partial charge on any atom is 0.0119 e. The Morgan fingerprint density at radius 2 is 1.72 bits per heavy atom. The lowest BCUT2D eigenvalue weighted by Crippen LogP contribution is -2.44. The molecule has 1 aliphatic carbocycles. The molecule has 1 saturated carbocycles. The van der Waals surface area contributed by atoms with Crippen LogP contribution < -0.4 is 5.32 Å². The molecule has 1 N–H and O–H groups in total. The molecule has 1 nitrogen and oxygen atoms in total. The number of hydrogen-bond acceptors (Lipinski definition) is 1. The van der Waals surface area contributed by atoms with Gasteiger partial charge in [-0.1, -0.05) is 57.5 Å². The summed E-state index contributed by atoms with van der Waals surface area (Å²) in [5, 5.41) is 3.82. The molecule has 0 bridgehead atoms. The van der Waals surface area contributed by atoms with E-state index in [0.717, 1.165) is 18.4 Å². The highest BCUT2D eigenvalue weighted by Crippen LogP contribution is 2.29. The predicted molar refractivity (Wildman–Crippen MR) is 78.8 cm³/mol. The minimum absolute atomic E-state index is 0.604. The van der Waals surface area contributed by atoms with Gasteiger partial charge in [0, 0.05) is 12.6 Å². The Hall–Kier alpha value is -0.820. The molecule has 1 aliphatic rings. The molecule has 1 aromatic carbocycles. The number of rotatable bonds is 4. The number of benzene rings is 1. The van der Waals surface area contributed by atoms with Gasteiger partial charge in [-0.05, 0) is 36.2 Å². The third-order valence-corrected chi connectivity index (χ3v) is 4.57. The Balaban J connectivity index is 1.87. The van der Waals surface area contributed by atoms with E-state index in [9.17, 15) is 0 Å². The average Bonchev–Trinajstić information content (AvgIpc) is 2.39. The maximum absolute atomic E-state index is 3.82. The summed E-state index contributed by atoms with van der Waals surface area (Å²) < 4.78 is 0. The van der Waals surface area contributed by atoms with Crippen LogP contribution in [0.3, 0.4) is 0 Å². The molecule has 0 heterocycles. The fraction of sp³-hybridized carbons (Fsp3) is 0.647. The van der Waals surface area contributed by atoms with Crippen LogP contribution in [0.1, 0.15) is 51.5 Å². The van der Waals surface area contributed by atoms with Crippen molar-refractivity contribution in [3.8, 4) is 0 Å². The van der Waals surface area contributed by atoms with E-state index in [1.165, 1.54) is 24.8 Å². The lowest BCUT2D eigenvalue weighted by atomic mass is 9.78. The molecule has 0 aromatic heterocycles. The first-order chi connectivity index (χ1) is 8.68. The molecule has 2 rings (SSSR count). The van der Waals surface area contributed by atoms with Crippen LogP contribution >= 0.6 is 0 Å². The van der Waals surface area contributed by atoms with Crippen molar-refractivity contribution in [3.63, 3.8) is 0 Å². The van der Waals surface area contributed by atoms with Gasteiger partial charge in [0.15, 0.2) is 0 Å². The molecule has 3 atom stereocenters. The van der Waals surface area contributed by atoms with E-state index >= 15 is 0 Å². The molecule has 100 valence electrons. The molecule has 3 unspecified atom stereocenters. The Morgan fingerprint density at radius 1 is 1.11 bits per heavy atom. The Kier molecular flexibility index (Phi) is 4.82. The normalized spacial score (nSPS) is 30.1. The van der Waals surface area contributed by atoms with Crippen LogP contribution in [0.5, 0.6) is 0 Å².